The van der Waals surface area contributed by atoms with E-state index in [1.54, 1.807) is 0 Å². The Bertz CT molecular complexity index is 332. The van der Waals surface area contributed by atoms with Gasteiger partial charge in [-0.05, 0) is 62.8 Å². The number of unbranched alkanes of at least 4 members (excludes halogenated alkanes) is 1. The summed E-state index contributed by atoms with van der Waals surface area (Å²) >= 11 is 0. The van der Waals surface area contributed by atoms with Crippen molar-refractivity contribution in [1.29, 1.82) is 0 Å². The number of rotatable bonds is 6. The summed E-state index contributed by atoms with van der Waals surface area (Å²) in [5.41, 5.74) is 11.6. The van der Waals surface area contributed by atoms with Crippen LogP contribution in [0.15, 0.2) is 12.1 Å². The fourth-order valence-corrected chi connectivity index (χ4v) is 2.62. The highest BCUT2D eigenvalue weighted by Gasteiger charge is 2.11. The molecule has 0 aliphatic rings. The van der Waals surface area contributed by atoms with Crippen molar-refractivity contribution < 1.29 is 0 Å². The van der Waals surface area contributed by atoms with Crippen molar-refractivity contribution in [1.82, 2.24) is 0 Å². The van der Waals surface area contributed by atoms with Gasteiger partial charge in [0.1, 0.15) is 0 Å². The van der Waals surface area contributed by atoms with Gasteiger partial charge in [0.15, 0.2) is 0 Å². The number of benzene rings is 1. The van der Waals surface area contributed by atoms with E-state index >= 15 is 0 Å². The number of hydrogen-bond donors (Lipinski definition) is 1. The Kier molecular flexibility index (Phi) is 5.70. The lowest BCUT2D eigenvalue weighted by molar-refractivity contribution is 0.471. The average molecular weight is 233 g/mol. The minimum atomic E-state index is 0.648. The molecule has 0 amide bonds. The first-order valence-electron chi connectivity index (χ1n) is 6.85. The molecule has 0 saturated carbocycles. The maximum atomic E-state index is 5.89. The molecule has 1 nitrogen and oxygen atoms in total. The van der Waals surface area contributed by atoms with Gasteiger partial charge in [0, 0.05) is 0 Å². The van der Waals surface area contributed by atoms with Crippen LogP contribution in [0.5, 0.6) is 0 Å². The second kappa shape index (κ2) is 6.80. The molecule has 1 unspecified atom stereocenters. The molecule has 0 aliphatic carbocycles. The van der Waals surface area contributed by atoms with Crippen LogP contribution in [-0.4, -0.2) is 6.54 Å². The van der Waals surface area contributed by atoms with Crippen LogP contribution in [0.3, 0.4) is 0 Å². The third-order valence-corrected chi connectivity index (χ3v) is 3.63. The smallest absolute Gasteiger partial charge is 0.00457 e. The summed E-state index contributed by atoms with van der Waals surface area (Å²) in [5.74, 6) is 0.648. The maximum Gasteiger partial charge on any atom is -0.00457 e. The fourth-order valence-electron chi connectivity index (χ4n) is 2.62. The number of hydrogen-bond acceptors (Lipinski definition) is 1. The first-order valence-corrected chi connectivity index (χ1v) is 6.85. The molecule has 1 heteroatoms. The molecule has 1 aromatic carbocycles. The maximum absolute atomic E-state index is 5.89. The normalized spacial score (nSPS) is 12.8. The van der Waals surface area contributed by atoms with E-state index < -0.39 is 0 Å². The third kappa shape index (κ3) is 4.16. The number of nitrogens with two attached hydrogens (primary N) is 1. The van der Waals surface area contributed by atoms with Gasteiger partial charge in [0.05, 0.1) is 0 Å². The van der Waals surface area contributed by atoms with Crippen LogP contribution in [0.2, 0.25) is 0 Å². The van der Waals surface area contributed by atoms with Crippen molar-refractivity contribution in [2.75, 3.05) is 6.54 Å². The molecule has 0 saturated heterocycles. The average Bonchev–Trinajstić information content (AvgIpc) is 2.27. The molecule has 0 aromatic heterocycles. The molecule has 2 N–H and O–H groups in total. The molecule has 17 heavy (non-hydrogen) atoms. The SMILES string of the molecule is CCCCC(CN)Cc1c(C)cc(C)cc1C. The van der Waals surface area contributed by atoms with Gasteiger partial charge in [-0.1, -0.05) is 37.5 Å². The minimum absolute atomic E-state index is 0.648. The Morgan fingerprint density at radius 1 is 1.12 bits per heavy atom. The summed E-state index contributed by atoms with van der Waals surface area (Å²) in [6, 6.07) is 4.57. The van der Waals surface area contributed by atoms with E-state index in [1.807, 2.05) is 0 Å². The van der Waals surface area contributed by atoms with E-state index in [0.717, 1.165) is 13.0 Å². The molecule has 0 spiro atoms. The van der Waals surface area contributed by atoms with Crippen LogP contribution in [0.4, 0.5) is 0 Å². The van der Waals surface area contributed by atoms with Gasteiger partial charge >= 0.3 is 0 Å². The van der Waals surface area contributed by atoms with Gasteiger partial charge in [-0.2, -0.15) is 0 Å². The van der Waals surface area contributed by atoms with E-state index in [-0.39, 0.29) is 0 Å². The zero-order valence-corrected chi connectivity index (χ0v) is 11.8. The predicted molar refractivity (Wildman–Crippen MR) is 76.4 cm³/mol. The standard InChI is InChI=1S/C16H27N/c1-5-6-7-15(11-17)10-16-13(3)8-12(2)9-14(16)4/h8-9,15H,5-7,10-11,17H2,1-4H3. The van der Waals surface area contributed by atoms with E-state index in [0.29, 0.717) is 5.92 Å². The largest absolute Gasteiger partial charge is 0.330 e. The lowest BCUT2D eigenvalue weighted by Crippen LogP contribution is -2.18. The van der Waals surface area contributed by atoms with Gasteiger partial charge in [-0.3, -0.25) is 0 Å². The molecule has 0 heterocycles. The second-order valence-electron chi connectivity index (χ2n) is 5.33. The summed E-state index contributed by atoms with van der Waals surface area (Å²) < 4.78 is 0. The Balaban J connectivity index is 2.78. The van der Waals surface area contributed by atoms with Crippen molar-refractivity contribution in [3.05, 3.63) is 34.4 Å². The van der Waals surface area contributed by atoms with Gasteiger partial charge < -0.3 is 5.73 Å². The molecule has 0 bridgehead atoms. The lowest BCUT2D eigenvalue weighted by Gasteiger charge is -2.18. The molecule has 0 aliphatic heterocycles. The van der Waals surface area contributed by atoms with Crippen molar-refractivity contribution in [3.8, 4) is 0 Å². The van der Waals surface area contributed by atoms with Crippen LogP contribution in [0.1, 0.15) is 48.4 Å². The van der Waals surface area contributed by atoms with E-state index in [2.05, 4.69) is 39.8 Å². The highest BCUT2D eigenvalue weighted by atomic mass is 14.5. The van der Waals surface area contributed by atoms with Crippen molar-refractivity contribution in [2.45, 2.75) is 53.4 Å². The first kappa shape index (κ1) is 14.2. The quantitative estimate of drug-likeness (QED) is 0.792. The zero-order valence-electron chi connectivity index (χ0n) is 11.8. The van der Waals surface area contributed by atoms with Crippen LogP contribution < -0.4 is 5.73 Å². The van der Waals surface area contributed by atoms with Crippen LogP contribution in [0.25, 0.3) is 0 Å². The predicted octanol–water partition coefficient (Wildman–Crippen LogP) is 3.92. The van der Waals surface area contributed by atoms with Gasteiger partial charge in [0.2, 0.25) is 0 Å². The van der Waals surface area contributed by atoms with Gasteiger partial charge in [-0.15, -0.1) is 0 Å². The topological polar surface area (TPSA) is 26.0 Å². The monoisotopic (exact) mass is 233 g/mol. The summed E-state index contributed by atoms with van der Waals surface area (Å²) in [5, 5.41) is 0. The number of aryl methyl sites for hydroxylation is 3. The summed E-state index contributed by atoms with van der Waals surface area (Å²) in [6.07, 6.45) is 4.97. The Hall–Kier alpha value is -0.820. The molecule has 1 atom stereocenters. The summed E-state index contributed by atoms with van der Waals surface area (Å²) in [4.78, 5) is 0. The highest BCUT2D eigenvalue weighted by molar-refractivity contribution is 5.37. The summed E-state index contributed by atoms with van der Waals surface area (Å²) in [6.45, 7) is 9.68. The molecular formula is C16H27N. The van der Waals surface area contributed by atoms with Crippen LogP contribution >= 0.6 is 0 Å². The Morgan fingerprint density at radius 3 is 2.18 bits per heavy atom. The molecular weight excluding hydrogens is 206 g/mol. The van der Waals surface area contributed by atoms with Crippen molar-refractivity contribution >= 4 is 0 Å². The second-order valence-corrected chi connectivity index (χ2v) is 5.33. The third-order valence-electron chi connectivity index (χ3n) is 3.63. The van der Waals surface area contributed by atoms with E-state index in [4.69, 9.17) is 5.73 Å². The molecule has 96 valence electrons. The van der Waals surface area contributed by atoms with Gasteiger partial charge in [-0.25, -0.2) is 0 Å². The Labute approximate surface area is 106 Å². The van der Waals surface area contributed by atoms with Crippen LogP contribution in [0, 0.1) is 26.7 Å². The molecule has 0 fully saturated rings. The Morgan fingerprint density at radius 2 is 1.71 bits per heavy atom. The lowest BCUT2D eigenvalue weighted by atomic mass is 9.89. The van der Waals surface area contributed by atoms with Gasteiger partial charge in [0.25, 0.3) is 0 Å². The van der Waals surface area contributed by atoms with Crippen molar-refractivity contribution in [3.63, 3.8) is 0 Å². The highest BCUT2D eigenvalue weighted by Crippen LogP contribution is 2.22. The zero-order chi connectivity index (χ0) is 12.8. The minimum Gasteiger partial charge on any atom is -0.330 e. The van der Waals surface area contributed by atoms with Crippen molar-refractivity contribution in [2.24, 2.45) is 11.7 Å². The fraction of sp³-hybridized carbons (Fsp3) is 0.625. The summed E-state index contributed by atoms with van der Waals surface area (Å²) in [7, 11) is 0. The van der Waals surface area contributed by atoms with E-state index in [9.17, 15) is 0 Å². The first-order chi connectivity index (χ1) is 8.08. The molecule has 1 aromatic rings. The van der Waals surface area contributed by atoms with Crippen LogP contribution in [-0.2, 0) is 6.42 Å². The van der Waals surface area contributed by atoms with E-state index in [1.165, 1.54) is 41.5 Å². The molecule has 0 radical (unpaired) electrons. The molecule has 1 rings (SSSR count).